The first-order valence-corrected chi connectivity index (χ1v) is 7.20. The molecule has 2 heterocycles. The molecular formula is C16H24N4. The minimum absolute atomic E-state index is 0.0717. The second-order valence-corrected chi connectivity index (χ2v) is 6.13. The van der Waals surface area contributed by atoms with Crippen molar-refractivity contribution in [2.24, 2.45) is 0 Å². The van der Waals surface area contributed by atoms with Crippen molar-refractivity contribution in [2.75, 3.05) is 11.9 Å². The van der Waals surface area contributed by atoms with E-state index in [1.807, 2.05) is 18.3 Å². The van der Waals surface area contributed by atoms with Crippen LogP contribution < -0.4 is 5.32 Å². The van der Waals surface area contributed by atoms with E-state index in [1.54, 1.807) is 0 Å². The monoisotopic (exact) mass is 272 g/mol. The Kier molecular flexibility index (Phi) is 4.12. The van der Waals surface area contributed by atoms with Gasteiger partial charge in [-0.1, -0.05) is 27.7 Å². The molecule has 2 N–H and O–H groups in total. The quantitative estimate of drug-likeness (QED) is 0.887. The van der Waals surface area contributed by atoms with Crippen molar-refractivity contribution < 1.29 is 0 Å². The van der Waals surface area contributed by atoms with E-state index < -0.39 is 0 Å². The molecule has 2 rings (SSSR count). The lowest BCUT2D eigenvalue weighted by Gasteiger charge is -2.20. The molecule has 0 aliphatic heterocycles. The summed E-state index contributed by atoms with van der Waals surface area (Å²) in [7, 11) is 0. The van der Waals surface area contributed by atoms with E-state index in [1.165, 1.54) is 0 Å². The average molecular weight is 272 g/mol. The van der Waals surface area contributed by atoms with Crippen LogP contribution >= 0.6 is 0 Å². The molecule has 0 bridgehead atoms. The molecule has 4 nitrogen and oxygen atoms in total. The van der Waals surface area contributed by atoms with Crippen molar-refractivity contribution in [1.29, 1.82) is 0 Å². The number of nitrogens with one attached hydrogen (secondary N) is 2. The van der Waals surface area contributed by atoms with Crippen LogP contribution in [0.5, 0.6) is 0 Å². The Balaban J connectivity index is 2.55. The van der Waals surface area contributed by atoms with Crippen LogP contribution in [0.15, 0.2) is 18.3 Å². The first-order valence-electron chi connectivity index (χ1n) is 7.20. The van der Waals surface area contributed by atoms with E-state index in [9.17, 15) is 0 Å². The molecule has 0 saturated carbocycles. The van der Waals surface area contributed by atoms with E-state index in [4.69, 9.17) is 9.97 Å². The van der Waals surface area contributed by atoms with Gasteiger partial charge in [0.2, 0.25) is 0 Å². The van der Waals surface area contributed by atoms with Crippen LogP contribution in [0.4, 0.5) is 5.82 Å². The molecule has 0 aliphatic rings. The van der Waals surface area contributed by atoms with E-state index in [0.29, 0.717) is 0 Å². The fourth-order valence-electron chi connectivity index (χ4n) is 2.01. The largest absolute Gasteiger partial charge is 0.370 e. The number of aromatic nitrogens is 3. The van der Waals surface area contributed by atoms with Crippen LogP contribution in [0.1, 0.15) is 45.5 Å². The smallest absolute Gasteiger partial charge is 0.136 e. The van der Waals surface area contributed by atoms with Gasteiger partial charge < -0.3 is 10.3 Å². The maximum Gasteiger partial charge on any atom is 0.136 e. The number of H-pyrrole nitrogens is 1. The summed E-state index contributed by atoms with van der Waals surface area (Å²) in [6, 6.07) is 4.04. The lowest BCUT2D eigenvalue weighted by atomic mass is 9.95. The van der Waals surface area contributed by atoms with E-state index in [-0.39, 0.29) is 5.41 Å². The molecule has 0 unspecified atom stereocenters. The highest BCUT2D eigenvalue weighted by Crippen LogP contribution is 2.28. The Morgan fingerprint density at radius 3 is 2.55 bits per heavy atom. The van der Waals surface area contributed by atoms with Crippen LogP contribution in [-0.2, 0) is 5.41 Å². The van der Waals surface area contributed by atoms with E-state index in [2.05, 4.69) is 44.9 Å². The van der Waals surface area contributed by atoms with Crippen LogP contribution in [-0.4, -0.2) is 21.5 Å². The third kappa shape index (κ3) is 3.00. The molecule has 2 aromatic rings. The summed E-state index contributed by atoms with van der Waals surface area (Å²) in [5.41, 5.74) is 3.04. The SMILES string of the molecule is CCCNc1nc(C(C)(C)C)nc(-c2ccc[nH]2)c1C. The van der Waals surface area contributed by atoms with Crippen molar-refractivity contribution in [3.8, 4) is 11.4 Å². The Bertz CT molecular complexity index is 565. The van der Waals surface area contributed by atoms with Crippen LogP contribution in [0.25, 0.3) is 11.4 Å². The van der Waals surface area contributed by atoms with Crippen molar-refractivity contribution in [2.45, 2.75) is 46.5 Å². The van der Waals surface area contributed by atoms with Crippen LogP contribution in [0.2, 0.25) is 0 Å². The molecular weight excluding hydrogens is 248 g/mol. The maximum atomic E-state index is 4.77. The zero-order valence-corrected chi connectivity index (χ0v) is 13.0. The Morgan fingerprint density at radius 1 is 1.25 bits per heavy atom. The fourth-order valence-corrected chi connectivity index (χ4v) is 2.01. The second kappa shape index (κ2) is 5.65. The Morgan fingerprint density at radius 2 is 2.00 bits per heavy atom. The first kappa shape index (κ1) is 14.6. The average Bonchev–Trinajstić information content (AvgIpc) is 2.90. The fraction of sp³-hybridized carbons (Fsp3) is 0.500. The van der Waals surface area contributed by atoms with Crippen molar-refractivity contribution in [3.05, 3.63) is 29.7 Å². The summed E-state index contributed by atoms with van der Waals surface area (Å²) < 4.78 is 0. The highest BCUT2D eigenvalue weighted by molar-refractivity contribution is 5.65. The van der Waals surface area contributed by atoms with Gasteiger partial charge >= 0.3 is 0 Å². The van der Waals surface area contributed by atoms with E-state index in [0.717, 1.165) is 41.6 Å². The standard InChI is InChI=1S/C16H24N4/c1-6-9-18-14-11(2)13(12-8-7-10-17-12)19-15(20-14)16(3,4)5/h7-8,10,17H,6,9H2,1-5H3,(H,18,19,20). The van der Waals surface area contributed by atoms with Crippen LogP contribution in [0, 0.1) is 6.92 Å². The molecule has 0 aliphatic carbocycles. The third-order valence-corrected chi connectivity index (χ3v) is 3.21. The number of hydrogen-bond acceptors (Lipinski definition) is 3. The van der Waals surface area contributed by atoms with Crippen LogP contribution in [0.3, 0.4) is 0 Å². The molecule has 20 heavy (non-hydrogen) atoms. The van der Waals surface area contributed by atoms with Crippen molar-refractivity contribution in [1.82, 2.24) is 15.0 Å². The molecule has 108 valence electrons. The highest BCUT2D eigenvalue weighted by atomic mass is 15.0. The molecule has 0 fully saturated rings. The molecule has 0 amide bonds. The molecule has 0 aromatic carbocycles. The summed E-state index contributed by atoms with van der Waals surface area (Å²) in [5.74, 6) is 1.81. The lowest BCUT2D eigenvalue weighted by Crippen LogP contribution is -2.19. The summed E-state index contributed by atoms with van der Waals surface area (Å²) >= 11 is 0. The highest BCUT2D eigenvalue weighted by Gasteiger charge is 2.21. The molecule has 0 spiro atoms. The molecule has 0 saturated heterocycles. The maximum absolute atomic E-state index is 4.77. The topological polar surface area (TPSA) is 53.6 Å². The van der Waals surface area contributed by atoms with Gasteiger partial charge in [-0.15, -0.1) is 0 Å². The molecule has 0 radical (unpaired) electrons. The summed E-state index contributed by atoms with van der Waals surface area (Å²) in [4.78, 5) is 12.7. The number of anilines is 1. The second-order valence-electron chi connectivity index (χ2n) is 6.13. The van der Waals surface area contributed by atoms with Gasteiger partial charge in [0.15, 0.2) is 0 Å². The summed E-state index contributed by atoms with van der Waals surface area (Å²) in [6.07, 6.45) is 3.00. The van der Waals surface area contributed by atoms with Gasteiger partial charge in [0.05, 0.1) is 11.4 Å². The first-order chi connectivity index (χ1) is 9.43. The molecule has 4 heteroatoms. The normalized spacial score (nSPS) is 11.7. The molecule has 0 atom stereocenters. The van der Waals surface area contributed by atoms with Gasteiger partial charge in [-0.05, 0) is 25.5 Å². The van der Waals surface area contributed by atoms with Crippen molar-refractivity contribution >= 4 is 5.82 Å². The summed E-state index contributed by atoms with van der Waals surface area (Å²) in [5, 5.41) is 3.41. The van der Waals surface area contributed by atoms with Gasteiger partial charge in [-0.2, -0.15) is 0 Å². The van der Waals surface area contributed by atoms with Crippen molar-refractivity contribution in [3.63, 3.8) is 0 Å². The lowest BCUT2D eigenvalue weighted by molar-refractivity contribution is 0.546. The summed E-state index contributed by atoms with van der Waals surface area (Å²) in [6.45, 7) is 11.6. The number of nitrogens with zero attached hydrogens (tertiary/aromatic N) is 2. The number of hydrogen-bond donors (Lipinski definition) is 2. The molecule has 2 aromatic heterocycles. The minimum Gasteiger partial charge on any atom is -0.370 e. The number of rotatable bonds is 4. The predicted molar refractivity (Wildman–Crippen MR) is 84.0 cm³/mol. The number of aromatic amines is 1. The predicted octanol–water partition coefficient (Wildman–Crippen LogP) is 3.90. The third-order valence-electron chi connectivity index (χ3n) is 3.21. The van der Waals surface area contributed by atoms with Gasteiger partial charge in [-0.25, -0.2) is 9.97 Å². The zero-order chi connectivity index (χ0) is 14.8. The Hall–Kier alpha value is -1.84. The van der Waals surface area contributed by atoms with Gasteiger partial charge in [0, 0.05) is 23.7 Å². The van der Waals surface area contributed by atoms with Gasteiger partial charge in [0.1, 0.15) is 11.6 Å². The minimum atomic E-state index is -0.0717. The Labute approximate surface area is 121 Å². The van der Waals surface area contributed by atoms with E-state index >= 15 is 0 Å². The van der Waals surface area contributed by atoms with Gasteiger partial charge in [-0.3, -0.25) is 0 Å². The zero-order valence-electron chi connectivity index (χ0n) is 13.0. The van der Waals surface area contributed by atoms with Gasteiger partial charge in [0.25, 0.3) is 0 Å².